The number of hydrogen-bond donors (Lipinski definition) is 1. The van der Waals surface area contributed by atoms with Gasteiger partial charge in [-0.15, -0.1) is 0 Å². The molecule has 2 fully saturated rings. The molecule has 0 radical (unpaired) electrons. The molecule has 0 bridgehead atoms. The van der Waals surface area contributed by atoms with Crippen LogP contribution in [-0.2, 0) is 0 Å². The Labute approximate surface area is 119 Å². The Hall–Kier alpha value is -0.120. The van der Waals surface area contributed by atoms with Crippen LogP contribution in [0.15, 0.2) is 0 Å². The zero-order valence-electron chi connectivity index (χ0n) is 13.2. The van der Waals surface area contributed by atoms with Crippen LogP contribution in [0.25, 0.3) is 0 Å². The monoisotopic (exact) mass is 267 g/mol. The van der Waals surface area contributed by atoms with E-state index in [0.717, 1.165) is 24.5 Å². The highest BCUT2D eigenvalue weighted by Crippen LogP contribution is 2.24. The van der Waals surface area contributed by atoms with Gasteiger partial charge in [0.1, 0.15) is 0 Å². The Morgan fingerprint density at radius 3 is 2.84 bits per heavy atom. The van der Waals surface area contributed by atoms with Gasteiger partial charge in [0.05, 0.1) is 0 Å². The summed E-state index contributed by atoms with van der Waals surface area (Å²) >= 11 is 0. The molecule has 2 aliphatic rings. The summed E-state index contributed by atoms with van der Waals surface area (Å²) in [5, 5.41) is 3.54. The van der Waals surface area contributed by atoms with Gasteiger partial charge in [-0.2, -0.15) is 0 Å². The highest BCUT2D eigenvalue weighted by atomic mass is 15.3. The molecule has 112 valence electrons. The molecule has 0 aromatic rings. The van der Waals surface area contributed by atoms with Crippen molar-refractivity contribution in [1.82, 2.24) is 15.1 Å². The molecule has 2 rings (SSSR count). The van der Waals surface area contributed by atoms with Gasteiger partial charge in [0.15, 0.2) is 0 Å². The van der Waals surface area contributed by atoms with Crippen molar-refractivity contribution in [3.63, 3.8) is 0 Å². The van der Waals surface area contributed by atoms with Gasteiger partial charge < -0.3 is 5.32 Å². The fourth-order valence-electron chi connectivity index (χ4n) is 3.52. The molecule has 0 amide bonds. The van der Waals surface area contributed by atoms with E-state index in [1.54, 1.807) is 0 Å². The molecule has 0 aliphatic carbocycles. The van der Waals surface area contributed by atoms with E-state index in [4.69, 9.17) is 0 Å². The van der Waals surface area contributed by atoms with Gasteiger partial charge in [-0.05, 0) is 64.7 Å². The smallest absolute Gasteiger partial charge is 0.0224 e. The number of hydrogen-bond acceptors (Lipinski definition) is 3. The lowest BCUT2D eigenvalue weighted by molar-refractivity contribution is 0.0584. The molecule has 0 aromatic carbocycles. The van der Waals surface area contributed by atoms with Crippen LogP contribution in [-0.4, -0.2) is 61.2 Å². The zero-order chi connectivity index (χ0) is 13.7. The molecule has 19 heavy (non-hydrogen) atoms. The van der Waals surface area contributed by atoms with Crippen molar-refractivity contribution in [2.45, 2.75) is 58.5 Å². The van der Waals surface area contributed by atoms with Crippen molar-refractivity contribution in [3.05, 3.63) is 0 Å². The molecular formula is C16H33N3. The van der Waals surface area contributed by atoms with Crippen LogP contribution in [0.3, 0.4) is 0 Å². The van der Waals surface area contributed by atoms with Crippen molar-refractivity contribution in [2.24, 2.45) is 5.92 Å². The highest BCUT2D eigenvalue weighted by molar-refractivity contribution is 4.90. The minimum absolute atomic E-state index is 0.762. The van der Waals surface area contributed by atoms with E-state index < -0.39 is 0 Å². The Kier molecular flexibility index (Phi) is 6.11. The minimum Gasteiger partial charge on any atom is -0.316 e. The fourth-order valence-corrected chi connectivity index (χ4v) is 3.52. The summed E-state index contributed by atoms with van der Waals surface area (Å²) in [7, 11) is 0. The Bertz CT molecular complexity index is 254. The van der Waals surface area contributed by atoms with Crippen LogP contribution in [0, 0.1) is 5.92 Å². The Morgan fingerprint density at radius 2 is 2.05 bits per heavy atom. The molecule has 2 heterocycles. The fraction of sp³-hybridized carbons (Fsp3) is 1.00. The number of nitrogens with one attached hydrogen (secondary N) is 1. The van der Waals surface area contributed by atoms with Crippen LogP contribution in [0.4, 0.5) is 0 Å². The Morgan fingerprint density at radius 1 is 1.21 bits per heavy atom. The summed E-state index contributed by atoms with van der Waals surface area (Å²) in [4.78, 5) is 5.44. The minimum atomic E-state index is 0.762. The second kappa shape index (κ2) is 7.61. The summed E-state index contributed by atoms with van der Waals surface area (Å²) in [6.07, 6.45) is 5.52. The topological polar surface area (TPSA) is 18.5 Å². The van der Waals surface area contributed by atoms with Gasteiger partial charge in [-0.25, -0.2) is 0 Å². The maximum absolute atomic E-state index is 3.54. The third kappa shape index (κ3) is 4.73. The molecule has 2 unspecified atom stereocenters. The lowest BCUT2D eigenvalue weighted by atomic mass is 10.1. The third-order valence-electron chi connectivity index (χ3n) is 4.67. The number of rotatable bonds is 7. The molecule has 1 N–H and O–H groups in total. The normalized spacial score (nSPS) is 29.1. The van der Waals surface area contributed by atoms with Crippen LogP contribution in [0.5, 0.6) is 0 Å². The van der Waals surface area contributed by atoms with Gasteiger partial charge in [0, 0.05) is 25.2 Å². The van der Waals surface area contributed by atoms with E-state index in [0.29, 0.717) is 0 Å². The van der Waals surface area contributed by atoms with Crippen molar-refractivity contribution in [1.29, 1.82) is 0 Å². The molecule has 2 saturated heterocycles. The Balaban J connectivity index is 1.57. The predicted molar refractivity (Wildman–Crippen MR) is 82.6 cm³/mol. The van der Waals surface area contributed by atoms with Gasteiger partial charge in [0.25, 0.3) is 0 Å². The molecule has 0 spiro atoms. The number of unbranched alkanes of at least 4 members (excludes halogenated alkanes) is 1. The number of nitrogens with zero attached hydrogens (tertiary/aromatic N) is 2. The zero-order valence-corrected chi connectivity index (χ0v) is 13.2. The van der Waals surface area contributed by atoms with E-state index in [1.165, 1.54) is 58.4 Å². The first-order chi connectivity index (χ1) is 9.16. The van der Waals surface area contributed by atoms with E-state index >= 15 is 0 Å². The molecule has 2 atom stereocenters. The van der Waals surface area contributed by atoms with Crippen molar-refractivity contribution < 1.29 is 0 Å². The molecule has 3 heteroatoms. The van der Waals surface area contributed by atoms with Gasteiger partial charge >= 0.3 is 0 Å². The number of fused-ring (bicyclic) bond motifs is 1. The lowest BCUT2D eigenvalue weighted by Gasteiger charge is -2.42. The maximum Gasteiger partial charge on any atom is 0.0224 e. The van der Waals surface area contributed by atoms with Gasteiger partial charge in [0.2, 0.25) is 0 Å². The van der Waals surface area contributed by atoms with Crippen LogP contribution >= 0.6 is 0 Å². The van der Waals surface area contributed by atoms with Gasteiger partial charge in [-0.3, -0.25) is 9.80 Å². The van der Waals surface area contributed by atoms with Gasteiger partial charge in [-0.1, -0.05) is 13.8 Å². The molecule has 3 nitrogen and oxygen atoms in total. The number of piperazine rings is 1. The summed E-state index contributed by atoms with van der Waals surface area (Å²) in [6, 6.07) is 1.63. The third-order valence-corrected chi connectivity index (χ3v) is 4.67. The second-order valence-corrected chi connectivity index (χ2v) is 6.94. The lowest BCUT2D eigenvalue weighted by Crippen LogP contribution is -2.55. The molecule has 2 aliphatic heterocycles. The summed E-state index contributed by atoms with van der Waals surface area (Å²) in [5.74, 6) is 0.774. The average molecular weight is 267 g/mol. The summed E-state index contributed by atoms with van der Waals surface area (Å²) in [6.45, 7) is 14.6. The van der Waals surface area contributed by atoms with Crippen LogP contribution in [0.2, 0.25) is 0 Å². The first-order valence-electron chi connectivity index (χ1n) is 8.35. The highest BCUT2D eigenvalue weighted by Gasteiger charge is 2.33. The SMILES string of the molecule is CC(C)CNCCCCN1CC2CCCN2CC1C. The first kappa shape index (κ1) is 15.3. The summed E-state index contributed by atoms with van der Waals surface area (Å²) in [5.41, 5.74) is 0. The molecular weight excluding hydrogens is 234 g/mol. The van der Waals surface area contributed by atoms with E-state index in [1.807, 2.05) is 0 Å². The standard InChI is InChI=1S/C16H33N3/c1-14(2)11-17-8-4-5-9-18-13-16-7-6-10-19(16)12-15(18)3/h14-17H,4-13H2,1-3H3. The van der Waals surface area contributed by atoms with E-state index in [2.05, 4.69) is 35.9 Å². The van der Waals surface area contributed by atoms with Crippen LogP contribution in [0.1, 0.15) is 46.5 Å². The molecule has 0 saturated carbocycles. The second-order valence-electron chi connectivity index (χ2n) is 6.94. The quantitative estimate of drug-likeness (QED) is 0.713. The maximum atomic E-state index is 3.54. The van der Waals surface area contributed by atoms with Crippen molar-refractivity contribution in [2.75, 3.05) is 39.3 Å². The first-order valence-corrected chi connectivity index (χ1v) is 8.35. The van der Waals surface area contributed by atoms with E-state index in [9.17, 15) is 0 Å². The van der Waals surface area contributed by atoms with Crippen LogP contribution < -0.4 is 5.32 Å². The average Bonchev–Trinajstić information content (AvgIpc) is 2.80. The van der Waals surface area contributed by atoms with Crippen molar-refractivity contribution >= 4 is 0 Å². The largest absolute Gasteiger partial charge is 0.316 e. The van der Waals surface area contributed by atoms with Crippen molar-refractivity contribution in [3.8, 4) is 0 Å². The predicted octanol–water partition coefficient (Wildman–Crippen LogP) is 2.18. The van der Waals surface area contributed by atoms with E-state index in [-0.39, 0.29) is 0 Å². The summed E-state index contributed by atoms with van der Waals surface area (Å²) < 4.78 is 0. The molecule has 0 aromatic heterocycles.